The third-order valence-electron chi connectivity index (χ3n) is 2.74. The standard InChI is InChI=1S/C13H17ClN2O4/c1-8(17)11(12(18)19)15-13(20)16(2)7-9-5-3-4-6-10(9)14/h3-6,8,11,17H,7H2,1-2H3,(H,15,20)(H,18,19). The molecule has 1 rings (SSSR count). The third-order valence-corrected chi connectivity index (χ3v) is 3.11. The smallest absolute Gasteiger partial charge is 0.328 e. The van der Waals surface area contributed by atoms with Gasteiger partial charge in [0.2, 0.25) is 0 Å². The number of aliphatic carboxylic acids is 1. The van der Waals surface area contributed by atoms with Gasteiger partial charge < -0.3 is 20.4 Å². The molecule has 0 bridgehead atoms. The van der Waals surface area contributed by atoms with Crippen LogP contribution in [-0.2, 0) is 11.3 Å². The molecule has 0 aliphatic rings. The van der Waals surface area contributed by atoms with E-state index in [1.165, 1.54) is 18.9 Å². The first kappa shape index (κ1) is 16.3. The molecule has 1 aromatic rings. The van der Waals surface area contributed by atoms with Crippen LogP contribution in [0.2, 0.25) is 5.02 Å². The predicted molar refractivity (Wildman–Crippen MR) is 74.6 cm³/mol. The first-order valence-corrected chi connectivity index (χ1v) is 6.36. The van der Waals surface area contributed by atoms with Crippen LogP contribution in [-0.4, -0.2) is 46.3 Å². The Balaban J connectivity index is 2.68. The number of carboxylic acid groups (broad SMARTS) is 1. The summed E-state index contributed by atoms with van der Waals surface area (Å²) < 4.78 is 0. The molecule has 0 heterocycles. The number of hydrogen-bond acceptors (Lipinski definition) is 3. The summed E-state index contributed by atoms with van der Waals surface area (Å²) in [5, 5.41) is 21.0. The van der Waals surface area contributed by atoms with E-state index in [1.54, 1.807) is 24.3 Å². The second kappa shape index (κ2) is 7.12. The molecule has 7 heteroatoms. The zero-order valence-corrected chi connectivity index (χ0v) is 12.0. The molecule has 2 unspecified atom stereocenters. The van der Waals surface area contributed by atoms with Crippen molar-refractivity contribution in [2.24, 2.45) is 0 Å². The number of amides is 2. The maximum absolute atomic E-state index is 11.9. The lowest BCUT2D eigenvalue weighted by Crippen LogP contribution is -2.51. The highest BCUT2D eigenvalue weighted by atomic mass is 35.5. The van der Waals surface area contributed by atoms with Crippen LogP contribution in [0, 0.1) is 0 Å². The van der Waals surface area contributed by atoms with Crippen LogP contribution in [0.3, 0.4) is 0 Å². The van der Waals surface area contributed by atoms with E-state index >= 15 is 0 Å². The van der Waals surface area contributed by atoms with Crippen molar-refractivity contribution in [1.29, 1.82) is 0 Å². The normalized spacial score (nSPS) is 13.4. The molecule has 6 nitrogen and oxygen atoms in total. The molecule has 110 valence electrons. The summed E-state index contributed by atoms with van der Waals surface area (Å²) >= 11 is 5.99. The molecule has 0 spiro atoms. The van der Waals surface area contributed by atoms with Crippen molar-refractivity contribution in [3.63, 3.8) is 0 Å². The molecule has 20 heavy (non-hydrogen) atoms. The monoisotopic (exact) mass is 300 g/mol. The number of nitrogens with one attached hydrogen (secondary N) is 1. The Labute approximate surface area is 122 Å². The lowest BCUT2D eigenvalue weighted by molar-refractivity contribution is -0.141. The number of carbonyl (C=O) groups excluding carboxylic acids is 1. The van der Waals surface area contributed by atoms with E-state index in [4.69, 9.17) is 16.7 Å². The number of halogens is 1. The lowest BCUT2D eigenvalue weighted by atomic mass is 10.2. The van der Waals surface area contributed by atoms with Crippen molar-refractivity contribution < 1.29 is 19.8 Å². The van der Waals surface area contributed by atoms with Crippen LogP contribution < -0.4 is 5.32 Å². The molecular formula is C13H17ClN2O4. The van der Waals surface area contributed by atoms with Crippen LogP contribution in [0.15, 0.2) is 24.3 Å². The van der Waals surface area contributed by atoms with Crippen molar-refractivity contribution in [2.45, 2.75) is 25.6 Å². The Morgan fingerprint density at radius 2 is 2.00 bits per heavy atom. The molecular weight excluding hydrogens is 284 g/mol. The Kier molecular flexibility index (Phi) is 5.79. The minimum Gasteiger partial charge on any atom is -0.480 e. The Morgan fingerprint density at radius 1 is 1.40 bits per heavy atom. The maximum Gasteiger partial charge on any atom is 0.328 e. The lowest BCUT2D eigenvalue weighted by Gasteiger charge is -2.23. The zero-order valence-electron chi connectivity index (χ0n) is 11.2. The fourth-order valence-electron chi connectivity index (χ4n) is 1.59. The van der Waals surface area contributed by atoms with Gasteiger partial charge in [0.05, 0.1) is 6.10 Å². The van der Waals surface area contributed by atoms with Gasteiger partial charge in [-0.2, -0.15) is 0 Å². The van der Waals surface area contributed by atoms with Gasteiger partial charge in [-0.25, -0.2) is 9.59 Å². The number of urea groups is 1. The molecule has 2 atom stereocenters. The van der Waals surface area contributed by atoms with E-state index < -0.39 is 24.1 Å². The predicted octanol–water partition coefficient (Wildman–Crippen LogP) is 1.32. The van der Waals surface area contributed by atoms with E-state index in [2.05, 4.69) is 5.32 Å². The van der Waals surface area contributed by atoms with Crippen molar-refractivity contribution in [3.05, 3.63) is 34.9 Å². The van der Waals surface area contributed by atoms with Crippen molar-refractivity contribution in [2.75, 3.05) is 7.05 Å². The van der Waals surface area contributed by atoms with E-state index in [0.717, 1.165) is 5.56 Å². The second-order valence-electron chi connectivity index (χ2n) is 4.45. The Bertz CT molecular complexity index is 493. The van der Waals surface area contributed by atoms with E-state index in [0.29, 0.717) is 5.02 Å². The summed E-state index contributed by atoms with van der Waals surface area (Å²) in [6, 6.07) is 5.10. The van der Waals surface area contributed by atoms with Crippen molar-refractivity contribution in [1.82, 2.24) is 10.2 Å². The topological polar surface area (TPSA) is 89.9 Å². The highest BCUT2D eigenvalue weighted by molar-refractivity contribution is 6.31. The van der Waals surface area contributed by atoms with Crippen LogP contribution in [0.25, 0.3) is 0 Å². The number of nitrogens with zero attached hydrogens (tertiary/aromatic N) is 1. The number of aliphatic hydroxyl groups is 1. The molecule has 1 aromatic carbocycles. The van der Waals surface area contributed by atoms with Gasteiger partial charge in [0.15, 0.2) is 6.04 Å². The molecule has 0 aliphatic heterocycles. The molecule has 2 amide bonds. The summed E-state index contributed by atoms with van der Waals surface area (Å²) in [6.45, 7) is 1.53. The molecule has 0 saturated carbocycles. The average Bonchev–Trinajstić information content (AvgIpc) is 2.37. The number of carbonyl (C=O) groups is 2. The van der Waals surface area contributed by atoms with Crippen molar-refractivity contribution in [3.8, 4) is 0 Å². The highest BCUT2D eigenvalue weighted by Crippen LogP contribution is 2.16. The van der Waals surface area contributed by atoms with Gasteiger partial charge in [0.25, 0.3) is 0 Å². The zero-order chi connectivity index (χ0) is 15.3. The molecule has 3 N–H and O–H groups in total. The van der Waals surface area contributed by atoms with Crippen molar-refractivity contribution >= 4 is 23.6 Å². The number of hydrogen-bond donors (Lipinski definition) is 3. The number of rotatable bonds is 5. The Morgan fingerprint density at radius 3 is 2.50 bits per heavy atom. The minimum atomic E-state index is -1.35. The first-order chi connectivity index (χ1) is 9.32. The fraction of sp³-hybridized carbons (Fsp3) is 0.385. The van der Waals surface area contributed by atoms with Gasteiger partial charge in [-0.15, -0.1) is 0 Å². The van der Waals surface area contributed by atoms with Gasteiger partial charge in [-0.1, -0.05) is 29.8 Å². The van der Waals surface area contributed by atoms with Crippen LogP contribution in [0.5, 0.6) is 0 Å². The maximum atomic E-state index is 11.9. The van der Waals surface area contributed by atoms with Crippen LogP contribution >= 0.6 is 11.6 Å². The quantitative estimate of drug-likeness (QED) is 0.765. The van der Waals surface area contributed by atoms with E-state index in [-0.39, 0.29) is 6.54 Å². The summed E-state index contributed by atoms with van der Waals surface area (Å²) in [7, 11) is 1.51. The molecule has 0 aromatic heterocycles. The number of benzene rings is 1. The minimum absolute atomic E-state index is 0.234. The Hall–Kier alpha value is -1.79. The van der Waals surface area contributed by atoms with Gasteiger partial charge >= 0.3 is 12.0 Å². The van der Waals surface area contributed by atoms with Gasteiger partial charge in [-0.3, -0.25) is 0 Å². The first-order valence-electron chi connectivity index (χ1n) is 5.99. The van der Waals surface area contributed by atoms with Gasteiger partial charge in [0.1, 0.15) is 0 Å². The second-order valence-corrected chi connectivity index (χ2v) is 4.86. The number of aliphatic hydroxyl groups excluding tert-OH is 1. The highest BCUT2D eigenvalue weighted by Gasteiger charge is 2.26. The molecule has 0 aliphatic carbocycles. The number of carboxylic acids is 1. The van der Waals surface area contributed by atoms with Crippen LogP contribution in [0.1, 0.15) is 12.5 Å². The largest absolute Gasteiger partial charge is 0.480 e. The molecule has 0 fully saturated rings. The summed E-state index contributed by atoms with van der Waals surface area (Å²) in [4.78, 5) is 24.1. The SMILES string of the molecule is CC(O)C(NC(=O)N(C)Cc1ccccc1Cl)C(=O)O. The third kappa shape index (κ3) is 4.40. The van der Waals surface area contributed by atoms with Crippen LogP contribution in [0.4, 0.5) is 4.79 Å². The fourth-order valence-corrected chi connectivity index (χ4v) is 1.78. The summed E-state index contributed by atoms with van der Waals surface area (Å²) in [6.07, 6.45) is -1.19. The summed E-state index contributed by atoms with van der Waals surface area (Å²) in [5.74, 6) is -1.29. The average molecular weight is 301 g/mol. The van der Waals surface area contributed by atoms with Gasteiger partial charge in [0, 0.05) is 18.6 Å². The molecule has 0 radical (unpaired) electrons. The van der Waals surface area contributed by atoms with E-state index in [9.17, 15) is 14.7 Å². The van der Waals surface area contributed by atoms with E-state index in [1.807, 2.05) is 0 Å². The summed E-state index contributed by atoms with van der Waals surface area (Å²) in [5.41, 5.74) is 0.746. The van der Waals surface area contributed by atoms with Gasteiger partial charge in [-0.05, 0) is 18.6 Å². The molecule has 0 saturated heterocycles.